The molecular weight excluding hydrogens is 162 g/mol. The van der Waals surface area contributed by atoms with Crippen molar-refractivity contribution in [2.75, 3.05) is 19.7 Å². The number of hydrogen-bond donors (Lipinski definition) is 1. The first kappa shape index (κ1) is 9.47. The molecule has 1 aliphatic carbocycles. The van der Waals surface area contributed by atoms with Gasteiger partial charge in [-0.1, -0.05) is 27.7 Å². The third-order valence-corrected chi connectivity index (χ3v) is 4.46. The summed E-state index contributed by atoms with van der Waals surface area (Å²) in [6.07, 6.45) is 0.443. The van der Waals surface area contributed by atoms with Crippen molar-refractivity contribution in [1.82, 2.24) is 5.32 Å². The van der Waals surface area contributed by atoms with Crippen molar-refractivity contribution >= 4 is 0 Å². The first-order valence-electron chi connectivity index (χ1n) is 5.30. The predicted molar refractivity (Wildman–Crippen MR) is 53.7 cm³/mol. The van der Waals surface area contributed by atoms with Crippen LogP contribution < -0.4 is 5.32 Å². The highest BCUT2D eigenvalue weighted by Gasteiger charge is 2.67. The van der Waals surface area contributed by atoms with Crippen LogP contribution in [0.5, 0.6) is 0 Å². The molecule has 1 N–H and O–H groups in total. The summed E-state index contributed by atoms with van der Waals surface area (Å²) in [5.41, 5.74) is 0.910. The van der Waals surface area contributed by atoms with Crippen LogP contribution in [-0.2, 0) is 4.74 Å². The molecule has 76 valence electrons. The molecule has 0 spiro atoms. The van der Waals surface area contributed by atoms with Crippen LogP contribution >= 0.6 is 0 Å². The molecule has 1 saturated heterocycles. The van der Waals surface area contributed by atoms with E-state index in [9.17, 15) is 0 Å². The number of ether oxygens (including phenoxy) is 1. The van der Waals surface area contributed by atoms with Crippen LogP contribution in [0.1, 0.15) is 27.7 Å². The maximum absolute atomic E-state index is 5.81. The van der Waals surface area contributed by atoms with Crippen molar-refractivity contribution in [2.24, 2.45) is 16.7 Å². The minimum atomic E-state index is 0.443. The lowest BCUT2D eigenvalue weighted by atomic mass is 10.0. The van der Waals surface area contributed by atoms with E-state index in [1.54, 1.807) is 0 Å². The molecule has 1 heterocycles. The zero-order valence-electron chi connectivity index (χ0n) is 9.18. The first-order valence-corrected chi connectivity index (χ1v) is 5.30. The Bertz CT molecular complexity index is 190. The summed E-state index contributed by atoms with van der Waals surface area (Å²) >= 11 is 0. The van der Waals surface area contributed by atoms with Gasteiger partial charge in [0.1, 0.15) is 0 Å². The number of nitrogens with one attached hydrogen (secondary N) is 1. The minimum absolute atomic E-state index is 0.443. The molecule has 1 saturated carbocycles. The fourth-order valence-electron chi connectivity index (χ4n) is 2.98. The molecule has 0 bridgehead atoms. The summed E-state index contributed by atoms with van der Waals surface area (Å²) in [5, 5.41) is 3.41. The Labute approximate surface area is 81.0 Å². The fourth-order valence-corrected chi connectivity index (χ4v) is 2.98. The molecule has 1 aliphatic heterocycles. The van der Waals surface area contributed by atoms with Crippen LogP contribution in [0.4, 0.5) is 0 Å². The van der Waals surface area contributed by atoms with Crippen molar-refractivity contribution in [3.63, 3.8) is 0 Å². The van der Waals surface area contributed by atoms with Crippen LogP contribution in [0.2, 0.25) is 0 Å². The smallest absolute Gasteiger partial charge is 0.0738 e. The van der Waals surface area contributed by atoms with Gasteiger partial charge in [-0.3, -0.25) is 0 Å². The van der Waals surface area contributed by atoms with Crippen molar-refractivity contribution in [3.8, 4) is 0 Å². The first-order chi connectivity index (χ1) is 5.98. The Hall–Kier alpha value is -0.0800. The second kappa shape index (κ2) is 2.71. The van der Waals surface area contributed by atoms with E-state index in [1.165, 1.54) is 0 Å². The van der Waals surface area contributed by atoms with Gasteiger partial charge in [0, 0.05) is 13.1 Å². The molecule has 2 heteroatoms. The van der Waals surface area contributed by atoms with Gasteiger partial charge in [0.15, 0.2) is 0 Å². The van der Waals surface area contributed by atoms with E-state index < -0.39 is 0 Å². The molecule has 2 rings (SSSR count). The Balaban J connectivity index is 2.03. The molecule has 0 aromatic carbocycles. The van der Waals surface area contributed by atoms with Crippen molar-refractivity contribution in [3.05, 3.63) is 0 Å². The van der Waals surface area contributed by atoms with E-state index in [0.29, 0.717) is 16.9 Å². The fraction of sp³-hybridized carbons (Fsp3) is 1.00. The summed E-state index contributed by atoms with van der Waals surface area (Å²) in [6, 6.07) is 0. The molecule has 13 heavy (non-hydrogen) atoms. The standard InChI is InChI=1S/C11H21NO/c1-10(2)9(11(10,3)4)8-7-12-5-6-13-8/h8-9,12H,5-7H2,1-4H3. The maximum atomic E-state index is 5.81. The van der Waals surface area contributed by atoms with Gasteiger partial charge in [-0.25, -0.2) is 0 Å². The van der Waals surface area contributed by atoms with Crippen molar-refractivity contribution in [1.29, 1.82) is 0 Å². The Kier molecular flexibility index (Phi) is 1.97. The largest absolute Gasteiger partial charge is 0.375 e. The molecule has 0 radical (unpaired) electrons. The van der Waals surface area contributed by atoms with E-state index in [-0.39, 0.29) is 0 Å². The molecule has 2 fully saturated rings. The SMILES string of the molecule is CC1(C)C(C2CNCCO2)C1(C)C. The Morgan fingerprint density at radius 3 is 2.15 bits per heavy atom. The lowest BCUT2D eigenvalue weighted by molar-refractivity contribution is 0.00337. The van der Waals surface area contributed by atoms with Gasteiger partial charge < -0.3 is 10.1 Å². The van der Waals surface area contributed by atoms with Gasteiger partial charge in [0.25, 0.3) is 0 Å². The second-order valence-electron chi connectivity index (χ2n) is 5.53. The van der Waals surface area contributed by atoms with E-state index >= 15 is 0 Å². The van der Waals surface area contributed by atoms with Crippen LogP contribution in [0, 0.1) is 16.7 Å². The van der Waals surface area contributed by atoms with Crippen LogP contribution in [0.15, 0.2) is 0 Å². The second-order valence-corrected chi connectivity index (χ2v) is 5.53. The van der Waals surface area contributed by atoms with Crippen LogP contribution in [0.3, 0.4) is 0 Å². The Morgan fingerprint density at radius 1 is 1.15 bits per heavy atom. The molecule has 1 unspecified atom stereocenters. The highest BCUT2D eigenvalue weighted by molar-refractivity contribution is 5.15. The third kappa shape index (κ3) is 1.23. The monoisotopic (exact) mass is 183 g/mol. The average Bonchev–Trinajstić information content (AvgIpc) is 2.44. The molecule has 2 nitrogen and oxygen atoms in total. The molecule has 2 aliphatic rings. The van der Waals surface area contributed by atoms with Crippen molar-refractivity contribution < 1.29 is 4.74 Å². The number of rotatable bonds is 1. The molecule has 0 aromatic rings. The lowest BCUT2D eigenvalue weighted by Crippen LogP contribution is -2.40. The quantitative estimate of drug-likeness (QED) is 0.667. The highest BCUT2D eigenvalue weighted by Crippen LogP contribution is 2.70. The number of hydrogen-bond acceptors (Lipinski definition) is 2. The highest BCUT2D eigenvalue weighted by atomic mass is 16.5. The predicted octanol–water partition coefficient (Wildman–Crippen LogP) is 1.66. The zero-order chi connectivity index (χ0) is 9.69. The van der Waals surface area contributed by atoms with Gasteiger partial charge in [-0.05, 0) is 16.7 Å². The third-order valence-electron chi connectivity index (χ3n) is 4.46. The van der Waals surface area contributed by atoms with Gasteiger partial charge in [-0.15, -0.1) is 0 Å². The molecular formula is C11H21NO. The van der Waals surface area contributed by atoms with Crippen LogP contribution in [0.25, 0.3) is 0 Å². The Morgan fingerprint density at radius 2 is 1.77 bits per heavy atom. The molecule has 0 aromatic heterocycles. The van der Waals surface area contributed by atoms with Gasteiger partial charge >= 0.3 is 0 Å². The molecule has 0 amide bonds. The van der Waals surface area contributed by atoms with E-state index in [4.69, 9.17) is 4.74 Å². The minimum Gasteiger partial charge on any atom is -0.375 e. The van der Waals surface area contributed by atoms with Gasteiger partial charge in [-0.2, -0.15) is 0 Å². The normalized spacial score (nSPS) is 37.4. The zero-order valence-corrected chi connectivity index (χ0v) is 9.18. The summed E-state index contributed by atoms with van der Waals surface area (Å²) in [7, 11) is 0. The van der Waals surface area contributed by atoms with E-state index in [1.807, 2.05) is 0 Å². The van der Waals surface area contributed by atoms with Gasteiger partial charge in [0.2, 0.25) is 0 Å². The van der Waals surface area contributed by atoms with Crippen molar-refractivity contribution in [2.45, 2.75) is 33.8 Å². The summed E-state index contributed by atoms with van der Waals surface area (Å²) in [5.74, 6) is 0.729. The lowest BCUT2D eigenvalue weighted by Gasteiger charge is -2.25. The summed E-state index contributed by atoms with van der Waals surface area (Å²) in [6.45, 7) is 12.4. The molecule has 1 atom stereocenters. The topological polar surface area (TPSA) is 21.3 Å². The maximum Gasteiger partial charge on any atom is 0.0738 e. The van der Waals surface area contributed by atoms with E-state index in [2.05, 4.69) is 33.0 Å². The number of morpholine rings is 1. The summed E-state index contributed by atoms with van der Waals surface area (Å²) in [4.78, 5) is 0. The van der Waals surface area contributed by atoms with Gasteiger partial charge in [0.05, 0.1) is 12.7 Å². The average molecular weight is 183 g/mol. The van der Waals surface area contributed by atoms with Crippen LogP contribution in [-0.4, -0.2) is 25.8 Å². The van der Waals surface area contributed by atoms with E-state index in [0.717, 1.165) is 25.6 Å². The summed E-state index contributed by atoms with van der Waals surface area (Å²) < 4.78 is 5.81.